The molecule has 5 heteroatoms. The molecule has 21 heavy (non-hydrogen) atoms. The lowest BCUT2D eigenvalue weighted by molar-refractivity contribution is -0.147. The summed E-state index contributed by atoms with van der Waals surface area (Å²) in [5, 5.41) is 3.15. The summed E-state index contributed by atoms with van der Waals surface area (Å²) in [5.74, 6) is 0.826. The van der Waals surface area contributed by atoms with E-state index in [0.717, 1.165) is 36.7 Å². The molecule has 0 spiro atoms. The van der Waals surface area contributed by atoms with Crippen LogP contribution < -0.4 is 0 Å². The van der Waals surface area contributed by atoms with Gasteiger partial charge in [-0.15, -0.1) is 11.3 Å². The fourth-order valence-corrected chi connectivity index (χ4v) is 3.79. The highest BCUT2D eigenvalue weighted by Crippen LogP contribution is 2.34. The maximum absolute atomic E-state index is 12.7. The van der Waals surface area contributed by atoms with E-state index in [-0.39, 0.29) is 18.1 Å². The number of nitrogens with zero attached hydrogens (tertiary/aromatic N) is 2. The molecular weight excluding hydrogens is 284 g/mol. The van der Waals surface area contributed by atoms with Crippen LogP contribution in [0.2, 0.25) is 0 Å². The Hall–Kier alpha value is -0.940. The van der Waals surface area contributed by atoms with Gasteiger partial charge >= 0.3 is 0 Å². The second-order valence-corrected chi connectivity index (χ2v) is 7.18. The van der Waals surface area contributed by atoms with Crippen molar-refractivity contribution in [2.24, 2.45) is 5.92 Å². The van der Waals surface area contributed by atoms with Crippen molar-refractivity contribution < 1.29 is 9.53 Å². The Morgan fingerprint density at radius 2 is 2.29 bits per heavy atom. The van der Waals surface area contributed by atoms with Gasteiger partial charge in [0.15, 0.2) is 0 Å². The number of hydrogen-bond donors (Lipinski definition) is 0. The van der Waals surface area contributed by atoms with Crippen molar-refractivity contribution in [3.8, 4) is 0 Å². The third kappa shape index (κ3) is 3.64. The molecule has 1 aliphatic heterocycles. The van der Waals surface area contributed by atoms with E-state index in [2.05, 4.69) is 10.4 Å². The number of hydrogen-bond acceptors (Lipinski definition) is 4. The van der Waals surface area contributed by atoms with E-state index >= 15 is 0 Å². The first-order valence-corrected chi connectivity index (χ1v) is 8.87. The van der Waals surface area contributed by atoms with Crippen LogP contribution in [0.4, 0.5) is 0 Å². The van der Waals surface area contributed by atoms with Crippen LogP contribution in [-0.4, -0.2) is 35.0 Å². The number of ether oxygens (including phenoxy) is 1. The summed E-state index contributed by atoms with van der Waals surface area (Å²) in [6.45, 7) is 5.47. The van der Waals surface area contributed by atoms with Gasteiger partial charge in [-0.2, -0.15) is 0 Å². The molecule has 3 rings (SSSR count). The van der Waals surface area contributed by atoms with E-state index < -0.39 is 0 Å². The van der Waals surface area contributed by atoms with Crippen LogP contribution >= 0.6 is 11.3 Å². The summed E-state index contributed by atoms with van der Waals surface area (Å²) in [5.41, 5.74) is 1.05. The lowest BCUT2D eigenvalue weighted by Crippen LogP contribution is -2.44. The molecule has 2 atom stereocenters. The highest BCUT2D eigenvalue weighted by atomic mass is 32.1. The largest absolute Gasteiger partial charge is 0.368 e. The van der Waals surface area contributed by atoms with Gasteiger partial charge in [0.25, 0.3) is 5.91 Å². The fourth-order valence-electron chi connectivity index (χ4n) is 2.85. The first-order chi connectivity index (χ1) is 10.1. The minimum atomic E-state index is -0.327. The predicted octanol–water partition coefficient (Wildman–Crippen LogP) is 3.32. The SMILES string of the molecule is Cc1csc([C@@H]2CCCCN2C(=O)[C@H](C)OCC2CC2)n1. The second-order valence-electron chi connectivity index (χ2n) is 6.29. The lowest BCUT2D eigenvalue weighted by Gasteiger charge is -2.36. The zero-order valence-corrected chi connectivity index (χ0v) is 13.7. The number of carbonyl (C=O) groups is 1. The van der Waals surface area contributed by atoms with E-state index in [9.17, 15) is 4.79 Å². The third-order valence-corrected chi connectivity index (χ3v) is 5.40. The van der Waals surface area contributed by atoms with Crippen molar-refractivity contribution in [2.75, 3.05) is 13.2 Å². The van der Waals surface area contributed by atoms with Gasteiger partial charge in [0.2, 0.25) is 0 Å². The van der Waals surface area contributed by atoms with Gasteiger partial charge in [-0.3, -0.25) is 4.79 Å². The summed E-state index contributed by atoms with van der Waals surface area (Å²) in [7, 11) is 0. The molecule has 0 radical (unpaired) electrons. The average molecular weight is 308 g/mol. The van der Waals surface area contributed by atoms with E-state index in [1.165, 1.54) is 19.3 Å². The van der Waals surface area contributed by atoms with Crippen molar-refractivity contribution in [1.82, 2.24) is 9.88 Å². The van der Waals surface area contributed by atoms with E-state index in [4.69, 9.17) is 4.74 Å². The number of rotatable bonds is 5. The summed E-state index contributed by atoms with van der Waals surface area (Å²) in [6.07, 6.45) is 5.46. The Labute approximate surface area is 130 Å². The topological polar surface area (TPSA) is 42.4 Å². The molecular formula is C16H24N2O2S. The standard InChI is InChI=1S/C16H24N2O2S/c1-11-10-21-15(17-11)14-5-3-4-8-18(14)16(19)12(2)20-9-13-6-7-13/h10,12-14H,3-9H2,1-2H3/t12-,14-/m0/s1. The summed E-state index contributed by atoms with van der Waals surface area (Å²) >= 11 is 1.67. The van der Waals surface area contributed by atoms with Crippen LogP contribution in [0.15, 0.2) is 5.38 Å². The molecule has 2 aliphatic rings. The monoisotopic (exact) mass is 308 g/mol. The number of thiazole rings is 1. The van der Waals surface area contributed by atoms with E-state index in [1.54, 1.807) is 11.3 Å². The first-order valence-electron chi connectivity index (χ1n) is 7.99. The maximum atomic E-state index is 12.7. The molecule has 116 valence electrons. The lowest BCUT2D eigenvalue weighted by atomic mass is 10.0. The van der Waals surface area contributed by atoms with Crippen molar-refractivity contribution >= 4 is 17.2 Å². The van der Waals surface area contributed by atoms with Crippen LogP contribution in [0.1, 0.15) is 55.8 Å². The van der Waals surface area contributed by atoms with Gasteiger partial charge < -0.3 is 9.64 Å². The average Bonchev–Trinajstić information content (AvgIpc) is 3.24. The molecule has 2 heterocycles. The van der Waals surface area contributed by atoms with E-state index in [1.807, 2.05) is 18.7 Å². The smallest absolute Gasteiger partial charge is 0.252 e. The van der Waals surface area contributed by atoms with Crippen LogP contribution in [0.25, 0.3) is 0 Å². The predicted molar refractivity (Wildman–Crippen MR) is 83.3 cm³/mol. The van der Waals surface area contributed by atoms with Gasteiger partial charge in [-0.1, -0.05) is 0 Å². The third-order valence-electron chi connectivity index (χ3n) is 4.33. The van der Waals surface area contributed by atoms with Gasteiger partial charge in [0.05, 0.1) is 12.6 Å². The molecule has 4 nitrogen and oxygen atoms in total. The summed E-state index contributed by atoms with van der Waals surface area (Å²) in [6, 6.07) is 0.150. The zero-order valence-electron chi connectivity index (χ0n) is 12.9. The van der Waals surface area contributed by atoms with Crippen LogP contribution in [0, 0.1) is 12.8 Å². The minimum Gasteiger partial charge on any atom is -0.368 e. The molecule has 0 aromatic carbocycles. The van der Waals surface area contributed by atoms with Crippen LogP contribution in [0.5, 0.6) is 0 Å². The van der Waals surface area contributed by atoms with Gasteiger partial charge in [-0.05, 0) is 51.9 Å². The number of carbonyl (C=O) groups excluding carboxylic acids is 1. The van der Waals surface area contributed by atoms with Gasteiger partial charge in [0, 0.05) is 17.6 Å². The van der Waals surface area contributed by atoms with Crippen LogP contribution in [-0.2, 0) is 9.53 Å². The summed E-state index contributed by atoms with van der Waals surface area (Å²) in [4.78, 5) is 19.3. The highest BCUT2D eigenvalue weighted by molar-refractivity contribution is 7.09. The normalized spacial score (nSPS) is 24.1. The van der Waals surface area contributed by atoms with Crippen molar-refractivity contribution in [3.63, 3.8) is 0 Å². The Bertz CT molecular complexity index is 498. The number of amides is 1. The molecule has 0 unspecified atom stereocenters. The number of likely N-dealkylation sites (tertiary alicyclic amines) is 1. The Kier molecular flexibility index (Phi) is 4.60. The molecule has 0 N–H and O–H groups in total. The quantitative estimate of drug-likeness (QED) is 0.838. The zero-order chi connectivity index (χ0) is 14.8. The molecule has 1 aliphatic carbocycles. The first kappa shape index (κ1) is 15.0. The molecule has 1 saturated heterocycles. The number of aryl methyl sites for hydroxylation is 1. The van der Waals surface area contributed by atoms with Crippen molar-refractivity contribution in [2.45, 2.75) is 58.1 Å². The number of piperidine rings is 1. The second kappa shape index (κ2) is 6.44. The Balaban J connectivity index is 1.66. The summed E-state index contributed by atoms with van der Waals surface area (Å²) < 4.78 is 5.76. The highest BCUT2D eigenvalue weighted by Gasteiger charge is 2.33. The maximum Gasteiger partial charge on any atom is 0.252 e. The molecule has 1 amide bonds. The molecule has 0 bridgehead atoms. The molecule has 1 aromatic rings. The Morgan fingerprint density at radius 1 is 1.48 bits per heavy atom. The van der Waals surface area contributed by atoms with Crippen molar-refractivity contribution in [1.29, 1.82) is 0 Å². The van der Waals surface area contributed by atoms with Gasteiger partial charge in [0.1, 0.15) is 11.1 Å². The van der Waals surface area contributed by atoms with E-state index in [0.29, 0.717) is 5.92 Å². The molecule has 1 saturated carbocycles. The molecule has 1 aromatic heterocycles. The molecule has 2 fully saturated rings. The number of aromatic nitrogens is 1. The van der Waals surface area contributed by atoms with Crippen LogP contribution in [0.3, 0.4) is 0 Å². The Morgan fingerprint density at radius 3 is 2.95 bits per heavy atom. The fraction of sp³-hybridized carbons (Fsp3) is 0.750. The van der Waals surface area contributed by atoms with Crippen molar-refractivity contribution in [3.05, 3.63) is 16.1 Å². The minimum absolute atomic E-state index is 0.133. The van der Waals surface area contributed by atoms with Gasteiger partial charge in [-0.25, -0.2) is 4.98 Å².